The lowest BCUT2D eigenvalue weighted by molar-refractivity contribution is -0.147. The number of likely N-dealkylation sites (tertiary alicyclic amines) is 1. The van der Waals surface area contributed by atoms with Gasteiger partial charge >= 0.3 is 5.97 Å². The molecule has 0 aliphatic carbocycles. The van der Waals surface area contributed by atoms with E-state index in [1.54, 1.807) is 42.7 Å². The van der Waals surface area contributed by atoms with E-state index < -0.39 is 11.8 Å². The minimum absolute atomic E-state index is 0.0474. The van der Waals surface area contributed by atoms with Crippen LogP contribution in [-0.4, -0.2) is 54.9 Å². The van der Waals surface area contributed by atoms with E-state index in [1.807, 2.05) is 24.3 Å². The first-order valence-corrected chi connectivity index (χ1v) is 11.7. The Morgan fingerprint density at radius 3 is 2.50 bits per heavy atom. The zero-order chi connectivity index (χ0) is 26.6. The molecular weight excluding hydrogens is 489 g/mol. The number of hydrogen-bond acceptors (Lipinski definition) is 8. The average molecular weight is 514 g/mol. The van der Waals surface area contributed by atoms with Crippen LogP contribution in [0.4, 0.5) is 4.39 Å². The molecule has 0 amide bonds. The highest BCUT2D eigenvalue weighted by molar-refractivity contribution is 6.00. The SMILES string of the molecule is C=C(N=C(ON)c1nnn(-c2ccccc2F)c1-c1ccncc1)c1ccc(CN2CC(C(=O)O)C2)cc1. The summed E-state index contributed by atoms with van der Waals surface area (Å²) in [5, 5.41) is 17.4. The lowest BCUT2D eigenvalue weighted by atomic mass is 9.99. The summed E-state index contributed by atoms with van der Waals surface area (Å²) in [7, 11) is 0. The number of benzene rings is 2. The Kier molecular flexibility index (Phi) is 7.03. The van der Waals surface area contributed by atoms with Crippen molar-refractivity contribution in [2.75, 3.05) is 13.1 Å². The summed E-state index contributed by atoms with van der Waals surface area (Å²) in [5.41, 5.74) is 3.59. The van der Waals surface area contributed by atoms with Crippen molar-refractivity contribution in [1.82, 2.24) is 24.9 Å². The summed E-state index contributed by atoms with van der Waals surface area (Å²) in [6, 6.07) is 17.3. The number of rotatable bonds is 8. The lowest BCUT2D eigenvalue weighted by Crippen LogP contribution is -2.49. The van der Waals surface area contributed by atoms with Crippen molar-refractivity contribution in [2.24, 2.45) is 16.8 Å². The van der Waals surface area contributed by atoms with Crippen molar-refractivity contribution >= 4 is 17.6 Å². The van der Waals surface area contributed by atoms with E-state index in [2.05, 4.69) is 31.8 Å². The maximum Gasteiger partial charge on any atom is 0.309 e. The Morgan fingerprint density at radius 2 is 1.84 bits per heavy atom. The molecule has 11 heteroatoms. The number of hydrogen-bond donors (Lipinski definition) is 2. The van der Waals surface area contributed by atoms with Crippen molar-refractivity contribution in [3.63, 3.8) is 0 Å². The van der Waals surface area contributed by atoms with Crippen molar-refractivity contribution in [3.05, 3.63) is 102 Å². The monoisotopic (exact) mass is 513 g/mol. The topological polar surface area (TPSA) is 132 Å². The summed E-state index contributed by atoms with van der Waals surface area (Å²) in [4.78, 5) is 26.7. The van der Waals surface area contributed by atoms with Gasteiger partial charge in [-0.2, -0.15) is 5.90 Å². The zero-order valence-corrected chi connectivity index (χ0v) is 20.2. The van der Waals surface area contributed by atoms with Crippen LogP contribution in [0.1, 0.15) is 16.8 Å². The maximum absolute atomic E-state index is 14.7. The van der Waals surface area contributed by atoms with E-state index >= 15 is 0 Å². The van der Waals surface area contributed by atoms with Gasteiger partial charge in [-0.1, -0.05) is 48.2 Å². The quantitative estimate of drug-likeness (QED) is 0.208. The molecule has 0 saturated carbocycles. The second kappa shape index (κ2) is 10.7. The number of para-hydroxylation sites is 1. The van der Waals surface area contributed by atoms with Gasteiger partial charge in [-0.25, -0.2) is 14.1 Å². The van der Waals surface area contributed by atoms with Crippen LogP contribution < -0.4 is 5.90 Å². The number of nitrogens with zero attached hydrogens (tertiary/aromatic N) is 6. The highest BCUT2D eigenvalue weighted by Crippen LogP contribution is 2.28. The van der Waals surface area contributed by atoms with Crippen LogP contribution in [0.3, 0.4) is 0 Å². The normalized spacial score (nSPS) is 14.2. The summed E-state index contributed by atoms with van der Waals surface area (Å²) >= 11 is 0. The van der Waals surface area contributed by atoms with Gasteiger partial charge in [0, 0.05) is 37.6 Å². The molecular formula is C27H24FN7O3. The molecule has 38 heavy (non-hydrogen) atoms. The second-order valence-electron chi connectivity index (χ2n) is 8.79. The zero-order valence-electron chi connectivity index (χ0n) is 20.2. The van der Waals surface area contributed by atoms with E-state index in [4.69, 9.17) is 15.8 Å². The molecule has 1 fully saturated rings. The summed E-state index contributed by atoms with van der Waals surface area (Å²) in [5.74, 6) is 4.02. The first kappa shape index (κ1) is 24.9. The fraction of sp³-hybridized carbons (Fsp3) is 0.148. The van der Waals surface area contributed by atoms with Crippen LogP contribution in [0.2, 0.25) is 0 Å². The van der Waals surface area contributed by atoms with Crippen LogP contribution >= 0.6 is 0 Å². The Balaban J connectivity index is 1.42. The second-order valence-corrected chi connectivity index (χ2v) is 8.79. The molecule has 5 rings (SSSR count). The fourth-order valence-electron chi connectivity index (χ4n) is 4.22. The predicted molar refractivity (Wildman–Crippen MR) is 138 cm³/mol. The minimum atomic E-state index is -0.760. The van der Waals surface area contributed by atoms with E-state index in [0.717, 1.165) is 11.1 Å². The molecule has 0 atom stereocenters. The number of halogens is 1. The standard InChI is InChI=1S/C27H24FN7O3/c1-17(19-8-6-18(7-9-19)14-34-15-21(16-34)27(36)37)31-26(38-29)24-25(20-10-12-30-13-11-20)35(33-32-24)23-5-3-2-4-22(23)28/h2-13,21H,1,14-16,29H2,(H,36,37). The molecule has 3 heterocycles. The number of pyridine rings is 1. The largest absolute Gasteiger partial charge is 0.481 e. The third-order valence-electron chi connectivity index (χ3n) is 6.26. The number of carboxylic acids is 1. The molecule has 0 unspecified atom stereocenters. The molecule has 1 aliphatic heterocycles. The van der Waals surface area contributed by atoms with Gasteiger partial charge in [-0.15, -0.1) is 5.10 Å². The third-order valence-corrected chi connectivity index (χ3v) is 6.26. The molecule has 10 nitrogen and oxygen atoms in total. The van der Waals surface area contributed by atoms with Gasteiger partial charge in [0.05, 0.1) is 11.6 Å². The van der Waals surface area contributed by atoms with E-state index in [0.29, 0.717) is 36.6 Å². The fourth-order valence-corrected chi connectivity index (χ4v) is 4.22. The summed E-state index contributed by atoms with van der Waals surface area (Å²) < 4.78 is 16.0. The Labute approximate surface area is 217 Å². The van der Waals surface area contributed by atoms with Crippen molar-refractivity contribution in [1.29, 1.82) is 0 Å². The minimum Gasteiger partial charge on any atom is -0.481 e. The Morgan fingerprint density at radius 1 is 1.13 bits per heavy atom. The van der Waals surface area contributed by atoms with Crippen molar-refractivity contribution in [3.8, 4) is 16.9 Å². The Bertz CT molecular complexity index is 1500. The highest BCUT2D eigenvalue weighted by atomic mass is 19.1. The van der Waals surface area contributed by atoms with Crippen LogP contribution in [0.5, 0.6) is 0 Å². The van der Waals surface area contributed by atoms with Crippen molar-refractivity contribution in [2.45, 2.75) is 6.54 Å². The molecule has 1 saturated heterocycles. The van der Waals surface area contributed by atoms with Gasteiger partial charge < -0.3 is 9.94 Å². The number of aliphatic imine (C=N–C) groups is 1. The maximum atomic E-state index is 14.7. The van der Waals surface area contributed by atoms with Crippen LogP contribution in [0.15, 0.2) is 84.6 Å². The molecule has 192 valence electrons. The molecule has 1 aliphatic rings. The van der Waals surface area contributed by atoms with Crippen LogP contribution in [0.25, 0.3) is 22.6 Å². The first-order chi connectivity index (χ1) is 18.4. The summed E-state index contributed by atoms with van der Waals surface area (Å²) in [6.07, 6.45) is 3.20. The number of nitrogens with two attached hydrogens (primary N) is 1. The molecule has 0 radical (unpaired) electrons. The molecule has 4 aromatic rings. The Hall–Kier alpha value is -4.74. The van der Waals surface area contributed by atoms with Gasteiger partial charge in [0.25, 0.3) is 5.90 Å². The van der Waals surface area contributed by atoms with E-state index in [1.165, 1.54) is 10.7 Å². The molecule has 0 spiro atoms. The molecule has 2 aromatic heterocycles. The van der Waals surface area contributed by atoms with Gasteiger partial charge in [-0.05, 0) is 35.4 Å². The molecule has 0 bridgehead atoms. The lowest BCUT2D eigenvalue weighted by Gasteiger charge is -2.36. The number of aliphatic carboxylic acids is 1. The third kappa shape index (κ3) is 5.05. The highest BCUT2D eigenvalue weighted by Gasteiger charge is 2.32. The predicted octanol–water partition coefficient (Wildman–Crippen LogP) is 3.29. The summed E-state index contributed by atoms with van der Waals surface area (Å²) in [6.45, 7) is 5.78. The van der Waals surface area contributed by atoms with Gasteiger partial charge in [0.1, 0.15) is 17.2 Å². The van der Waals surface area contributed by atoms with Gasteiger partial charge in [0.2, 0.25) is 0 Å². The van der Waals surface area contributed by atoms with Gasteiger partial charge in [-0.3, -0.25) is 14.7 Å². The number of aromatic nitrogens is 4. The smallest absolute Gasteiger partial charge is 0.309 e. The molecule has 3 N–H and O–H groups in total. The van der Waals surface area contributed by atoms with Crippen LogP contribution in [-0.2, 0) is 16.2 Å². The molecule has 2 aromatic carbocycles. The van der Waals surface area contributed by atoms with Crippen LogP contribution in [0, 0.1) is 11.7 Å². The van der Waals surface area contributed by atoms with Crippen molar-refractivity contribution < 1.29 is 19.1 Å². The van der Waals surface area contributed by atoms with Gasteiger partial charge in [0.15, 0.2) is 5.69 Å². The average Bonchev–Trinajstić information content (AvgIpc) is 3.34. The number of carboxylic acid groups (broad SMARTS) is 1. The van der Waals surface area contributed by atoms with E-state index in [9.17, 15) is 9.18 Å². The first-order valence-electron chi connectivity index (χ1n) is 11.7. The van der Waals surface area contributed by atoms with E-state index in [-0.39, 0.29) is 23.2 Å². The number of carbonyl (C=O) groups is 1.